The van der Waals surface area contributed by atoms with E-state index in [2.05, 4.69) is 15.3 Å². The van der Waals surface area contributed by atoms with Gasteiger partial charge < -0.3 is 20.3 Å². The summed E-state index contributed by atoms with van der Waals surface area (Å²) in [5.74, 6) is -0.919. The van der Waals surface area contributed by atoms with Gasteiger partial charge in [-0.2, -0.15) is 0 Å². The van der Waals surface area contributed by atoms with Crippen molar-refractivity contribution in [1.82, 2.24) is 9.88 Å². The first kappa shape index (κ1) is 18.8. The molecule has 1 unspecified atom stereocenters. The van der Waals surface area contributed by atoms with Crippen LogP contribution < -0.4 is 5.32 Å². The first-order chi connectivity index (χ1) is 12.8. The Bertz CT molecular complexity index is 982. The minimum atomic E-state index is -0.402. The number of hydrogen-bond acceptors (Lipinski definition) is 4. The molecule has 7 heteroatoms. The van der Waals surface area contributed by atoms with Crippen LogP contribution in [0.4, 0.5) is 20.2 Å². The zero-order chi connectivity index (χ0) is 19.6. The number of anilines is 1. The standard InChI is InChI=1S/C20H22F2N4O/c1-12(11-26(2)3)24-18-7-5-14(9-17(18)22)23-10-16-15-6-4-13(21)8-19(15)25-20(16)27/h4-10,12,24-25,27H,11H2,1-3H3. The van der Waals surface area contributed by atoms with Crippen LogP contribution in [0.5, 0.6) is 5.88 Å². The van der Waals surface area contributed by atoms with E-state index in [0.29, 0.717) is 27.8 Å². The molecule has 0 saturated heterocycles. The van der Waals surface area contributed by atoms with Crippen molar-refractivity contribution in [3.8, 4) is 5.88 Å². The van der Waals surface area contributed by atoms with Gasteiger partial charge in [-0.25, -0.2) is 8.78 Å². The lowest BCUT2D eigenvalue weighted by atomic mass is 10.2. The predicted octanol–water partition coefficient (Wildman–Crippen LogP) is 4.26. The van der Waals surface area contributed by atoms with Crippen LogP contribution in [0, 0.1) is 11.6 Å². The first-order valence-corrected chi connectivity index (χ1v) is 8.58. The highest BCUT2D eigenvalue weighted by Gasteiger charge is 2.11. The van der Waals surface area contributed by atoms with E-state index in [9.17, 15) is 13.9 Å². The molecule has 0 radical (unpaired) electrons. The van der Waals surface area contributed by atoms with Crippen molar-refractivity contribution in [2.24, 2.45) is 4.99 Å². The Kier molecular flexibility index (Phi) is 5.41. The van der Waals surface area contributed by atoms with E-state index in [-0.39, 0.29) is 11.9 Å². The molecule has 1 atom stereocenters. The van der Waals surface area contributed by atoms with Gasteiger partial charge in [-0.3, -0.25) is 4.99 Å². The van der Waals surface area contributed by atoms with E-state index in [0.717, 1.165) is 6.54 Å². The molecule has 1 aromatic heterocycles. The summed E-state index contributed by atoms with van der Waals surface area (Å²) in [6.07, 6.45) is 1.43. The van der Waals surface area contributed by atoms with Crippen molar-refractivity contribution >= 4 is 28.5 Å². The molecule has 2 aromatic carbocycles. The number of fused-ring (bicyclic) bond motifs is 1. The van der Waals surface area contributed by atoms with Gasteiger partial charge in [-0.1, -0.05) is 0 Å². The maximum Gasteiger partial charge on any atom is 0.198 e. The van der Waals surface area contributed by atoms with Gasteiger partial charge in [0.05, 0.1) is 22.5 Å². The lowest BCUT2D eigenvalue weighted by molar-refractivity contribution is 0.391. The van der Waals surface area contributed by atoms with Crippen LogP contribution in [0.15, 0.2) is 41.4 Å². The minimum absolute atomic E-state index is 0.0902. The molecule has 0 aliphatic heterocycles. The summed E-state index contributed by atoms with van der Waals surface area (Å²) in [6.45, 7) is 2.76. The number of halogens is 2. The number of hydrogen-bond donors (Lipinski definition) is 3. The van der Waals surface area contributed by atoms with Gasteiger partial charge in [0.25, 0.3) is 0 Å². The molecule has 0 aliphatic rings. The van der Waals surface area contributed by atoms with Gasteiger partial charge in [0.15, 0.2) is 5.88 Å². The topological polar surface area (TPSA) is 63.6 Å². The molecule has 0 amide bonds. The number of aromatic nitrogens is 1. The van der Waals surface area contributed by atoms with Crippen molar-refractivity contribution in [1.29, 1.82) is 0 Å². The van der Waals surface area contributed by atoms with Gasteiger partial charge in [0, 0.05) is 30.3 Å². The van der Waals surface area contributed by atoms with Crippen molar-refractivity contribution in [2.45, 2.75) is 13.0 Å². The van der Waals surface area contributed by atoms with Crippen LogP contribution in [-0.4, -0.2) is 47.9 Å². The highest BCUT2D eigenvalue weighted by atomic mass is 19.1. The number of aromatic hydroxyl groups is 1. The smallest absolute Gasteiger partial charge is 0.198 e. The Labute approximate surface area is 156 Å². The lowest BCUT2D eigenvalue weighted by Crippen LogP contribution is -2.29. The first-order valence-electron chi connectivity index (χ1n) is 8.58. The summed E-state index contributed by atoms with van der Waals surface area (Å²) in [5, 5.41) is 13.8. The Balaban J connectivity index is 1.80. The van der Waals surface area contributed by atoms with Crippen molar-refractivity contribution < 1.29 is 13.9 Å². The number of aliphatic imine (C=N–C) groups is 1. The highest BCUT2D eigenvalue weighted by molar-refractivity contribution is 6.02. The largest absolute Gasteiger partial charge is 0.494 e. The van der Waals surface area contributed by atoms with Gasteiger partial charge in [0.1, 0.15) is 11.6 Å². The quantitative estimate of drug-likeness (QED) is 0.567. The average molecular weight is 372 g/mol. The number of rotatable bonds is 6. The summed E-state index contributed by atoms with van der Waals surface area (Å²) in [6, 6.07) is 8.90. The molecule has 0 aliphatic carbocycles. The maximum atomic E-state index is 14.3. The fourth-order valence-corrected chi connectivity index (χ4v) is 3.01. The zero-order valence-corrected chi connectivity index (χ0v) is 15.4. The van der Waals surface area contributed by atoms with Gasteiger partial charge in [-0.05, 0) is 51.4 Å². The van der Waals surface area contributed by atoms with Crippen LogP contribution in [-0.2, 0) is 0 Å². The molecular weight excluding hydrogens is 350 g/mol. The summed E-state index contributed by atoms with van der Waals surface area (Å²) in [5.41, 5.74) is 1.71. The summed E-state index contributed by atoms with van der Waals surface area (Å²) >= 11 is 0. The van der Waals surface area contributed by atoms with Crippen LogP contribution in [0.2, 0.25) is 0 Å². The highest BCUT2D eigenvalue weighted by Crippen LogP contribution is 2.27. The van der Waals surface area contributed by atoms with Crippen molar-refractivity contribution in [3.05, 3.63) is 53.6 Å². The molecule has 0 fully saturated rings. The Morgan fingerprint density at radius 3 is 2.70 bits per heavy atom. The Morgan fingerprint density at radius 2 is 2.00 bits per heavy atom. The third kappa shape index (κ3) is 4.43. The molecule has 0 bridgehead atoms. The third-order valence-corrected chi connectivity index (χ3v) is 4.12. The Hall–Kier alpha value is -2.93. The van der Waals surface area contributed by atoms with E-state index in [1.165, 1.54) is 24.4 Å². The monoisotopic (exact) mass is 372 g/mol. The molecular formula is C20H22F2N4O. The zero-order valence-electron chi connectivity index (χ0n) is 15.4. The molecule has 3 rings (SSSR count). The third-order valence-electron chi connectivity index (χ3n) is 4.12. The van der Waals surface area contributed by atoms with Crippen molar-refractivity contribution in [3.63, 3.8) is 0 Å². The second kappa shape index (κ2) is 7.75. The van der Waals surface area contributed by atoms with Gasteiger partial charge >= 0.3 is 0 Å². The van der Waals surface area contributed by atoms with E-state index >= 15 is 0 Å². The van der Waals surface area contributed by atoms with E-state index in [1.54, 1.807) is 18.2 Å². The molecule has 5 nitrogen and oxygen atoms in total. The van der Waals surface area contributed by atoms with Crippen LogP contribution in [0.1, 0.15) is 12.5 Å². The Morgan fingerprint density at radius 1 is 1.22 bits per heavy atom. The number of aromatic amines is 1. The fourth-order valence-electron chi connectivity index (χ4n) is 3.01. The lowest BCUT2D eigenvalue weighted by Gasteiger charge is -2.19. The van der Waals surface area contributed by atoms with Crippen LogP contribution in [0.25, 0.3) is 10.9 Å². The molecule has 27 heavy (non-hydrogen) atoms. The molecule has 3 aromatic rings. The van der Waals surface area contributed by atoms with Crippen LogP contribution >= 0.6 is 0 Å². The van der Waals surface area contributed by atoms with Gasteiger partial charge in [0.2, 0.25) is 0 Å². The normalized spacial score (nSPS) is 13.0. The number of nitrogens with zero attached hydrogens (tertiary/aromatic N) is 2. The molecule has 0 saturated carbocycles. The molecule has 142 valence electrons. The average Bonchev–Trinajstić information content (AvgIpc) is 2.88. The second-order valence-electron chi connectivity index (χ2n) is 6.81. The summed E-state index contributed by atoms with van der Waals surface area (Å²) in [7, 11) is 3.92. The number of likely N-dealkylation sites (N-methyl/N-ethyl adjacent to an activating group) is 1. The SMILES string of the molecule is CC(CN(C)C)Nc1ccc(N=Cc2c(O)[nH]c3cc(F)ccc23)cc1F. The predicted molar refractivity (Wildman–Crippen MR) is 105 cm³/mol. The summed E-state index contributed by atoms with van der Waals surface area (Å²) in [4.78, 5) is 8.96. The second-order valence-corrected chi connectivity index (χ2v) is 6.81. The van der Waals surface area contributed by atoms with Crippen molar-refractivity contribution in [2.75, 3.05) is 26.0 Å². The fraction of sp³-hybridized carbons (Fsp3) is 0.250. The molecule has 1 heterocycles. The van der Waals surface area contributed by atoms with E-state index < -0.39 is 11.6 Å². The molecule has 0 spiro atoms. The minimum Gasteiger partial charge on any atom is -0.494 e. The number of benzene rings is 2. The molecule has 3 N–H and O–H groups in total. The summed E-state index contributed by atoms with van der Waals surface area (Å²) < 4.78 is 27.6. The van der Waals surface area contributed by atoms with Crippen LogP contribution in [0.3, 0.4) is 0 Å². The van der Waals surface area contributed by atoms with Gasteiger partial charge in [-0.15, -0.1) is 0 Å². The maximum absolute atomic E-state index is 14.3. The number of nitrogens with one attached hydrogen (secondary N) is 2. The number of H-pyrrole nitrogens is 1. The van der Waals surface area contributed by atoms with E-state index in [1.807, 2.05) is 25.9 Å². The van der Waals surface area contributed by atoms with E-state index in [4.69, 9.17) is 0 Å².